The molecule has 20 heavy (non-hydrogen) atoms. The van der Waals surface area contributed by atoms with Crippen molar-refractivity contribution in [2.75, 3.05) is 0 Å². The summed E-state index contributed by atoms with van der Waals surface area (Å²) in [5, 5.41) is 10.7. The molecule has 0 fully saturated rings. The lowest BCUT2D eigenvalue weighted by molar-refractivity contribution is -0.385. The van der Waals surface area contributed by atoms with Crippen LogP contribution in [0.15, 0.2) is 30.3 Å². The third-order valence-electron chi connectivity index (χ3n) is 2.33. The Labute approximate surface area is 109 Å². The van der Waals surface area contributed by atoms with Gasteiger partial charge in [0.2, 0.25) is 11.6 Å². The Balaban J connectivity index is 2.52. The second-order valence-electron chi connectivity index (χ2n) is 3.64. The van der Waals surface area contributed by atoms with Crippen molar-refractivity contribution in [3.05, 3.63) is 63.7 Å². The van der Waals surface area contributed by atoms with Crippen LogP contribution in [-0.2, 0) is 0 Å². The average molecular weight is 287 g/mol. The number of nitro groups is 1. The van der Waals surface area contributed by atoms with Gasteiger partial charge in [-0.05, 0) is 18.2 Å². The van der Waals surface area contributed by atoms with Crippen molar-refractivity contribution in [2.45, 2.75) is 0 Å². The quantitative estimate of drug-likeness (QED) is 0.488. The Kier molecular flexibility index (Phi) is 3.55. The molecule has 0 unspecified atom stereocenters. The van der Waals surface area contributed by atoms with Crippen molar-refractivity contribution in [3.8, 4) is 11.5 Å². The van der Waals surface area contributed by atoms with Crippen molar-refractivity contribution in [3.63, 3.8) is 0 Å². The number of halogens is 4. The lowest BCUT2D eigenvalue weighted by atomic mass is 10.2. The Morgan fingerprint density at radius 2 is 1.70 bits per heavy atom. The molecular weight excluding hydrogens is 282 g/mol. The molecule has 0 aliphatic carbocycles. The van der Waals surface area contributed by atoms with Gasteiger partial charge in [-0.3, -0.25) is 10.1 Å². The predicted molar refractivity (Wildman–Crippen MR) is 59.4 cm³/mol. The standard InChI is InChI=1S/C12H5F4NO3/c13-6-1-4-10(8(15)5-6)20-12-9(17(18)19)3-2-7(14)11(12)16/h1-5H. The van der Waals surface area contributed by atoms with E-state index in [0.717, 1.165) is 12.1 Å². The minimum atomic E-state index is -1.64. The van der Waals surface area contributed by atoms with Gasteiger partial charge in [0.05, 0.1) is 4.92 Å². The Hall–Kier alpha value is -2.64. The van der Waals surface area contributed by atoms with Crippen LogP contribution in [0.25, 0.3) is 0 Å². The van der Waals surface area contributed by atoms with Crippen molar-refractivity contribution in [2.24, 2.45) is 0 Å². The molecule has 0 spiro atoms. The zero-order valence-corrected chi connectivity index (χ0v) is 9.57. The first kappa shape index (κ1) is 13.8. The summed E-state index contributed by atoms with van der Waals surface area (Å²) >= 11 is 0. The van der Waals surface area contributed by atoms with Crippen molar-refractivity contribution in [1.29, 1.82) is 0 Å². The number of benzene rings is 2. The van der Waals surface area contributed by atoms with Gasteiger partial charge in [-0.25, -0.2) is 13.2 Å². The molecule has 0 radical (unpaired) electrons. The fourth-order valence-electron chi connectivity index (χ4n) is 1.43. The van der Waals surface area contributed by atoms with Crippen LogP contribution in [0.4, 0.5) is 23.2 Å². The zero-order chi connectivity index (χ0) is 14.9. The number of nitro benzene ring substituents is 1. The first-order chi connectivity index (χ1) is 9.40. The molecule has 0 saturated carbocycles. The largest absolute Gasteiger partial charge is 0.444 e. The molecule has 104 valence electrons. The normalized spacial score (nSPS) is 10.4. The van der Waals surface area contributed by atoms with Gasteiger partial charge in [0.15, 0.2) is 17.4 Å². The monoisotopic (exact) mass is 287 g/mol. The molecular formula is C12H5F4NO3. The molecule has 0 aliphatic heterocycles. The molecule has 0 amide bonds. The summed E-state index contributed by atoms with van der Waals surface area (Å²) in [7, 11) is 0. The second kappa shape index (κ2) is 5.16. The van der Waals surface area contributed by atoms with Crippen LogP contribution in [-0.4, -0.2) is 4.92 Å². The van der Waals surface area contributed by atoms with Crippen LogP contribution in [0.1, 0.15) is 0 Å². The summed E-state index contributed by atoms with van der Waals surface area (Å²) in [6.07, 6.45) is 0. The Bertz CT molecular complexity index is 691. The van der Waals surface area contributed by atoms with E-state index in [4.69, 9.17) is 0 Å². The Morgan fingerprint density at radius 3 is 2.30 bits per heavy atom. The highest BCUT2D eigenvalue weighted by atomic mass is 19.2. The van der Waals surface area contributed by atoms with Crippen molar-refractivity contribution < 1.29 is 27.2 Å². The molecule has 0 bridgehead atoms. The molecule has 0 atom stereocenters. The maximum Gasteiger partial charge on any atom is 0.314 e. The smallest absolute Gasteiger partial charge is 0.314 e. The summed E-state index contributed by atoms with van der Waals surface area (Å²) in [5.41, 5.74) is -0.882. The van der Waals surface area contributed by atoms with Gasteiger partial charge in [-0.1, -0.05) is 0 Å². The van der Waals surface area contributed by atoms with E-state index in [-0.39, 0.29) is 0 Å². The van der Waals surface area contributed by atoms with Gasteiger partial charge in [0.1, 0.15) is 5.82 Å². The summed E-state index contributed by atoms with van der Waals surface area (Å²) in [6.45, 7) is 0. The SMILES string of the molecule is O=[N+]([O-])c1ccc(F)c(F)c1Oc1ccc(F)cc1F. The zero-order valence-electron chi connectivity index (χ0n) is 9.57. The number of ether oxygens (including phenoxy) is 1. The molecule has 2 aromatic rings. The molecule has 0 N–H and O–H groups in total. The van der Waals surface area contributed by atoms with Crippen LogP contribution in [0, 0.1) is 33.4 Å². The van der Waals surface area contributed by atoms with E-state index in [2.05, 4.69) is 4.74 Å². The van der Waals surface area contributed by atoms with E-state index < -0.39 is 45.4 Å². The minimum absolute atomic E-state index is 0.443. The number of hydrogen-bond donors (Lipinski definition) is 0. The van der Waals surface area contributed by atoms with Gasteiger partial charge < -0.3 is 4.74 Å². The highest BCUT2D eigenvalue weighted by molar-refractivity contribution is 5.49. The maximum absolute atomic E-state index is 13.5. The van der Waals surface area contributed by atoms with Gasteiger partial charge in [0.25, 0.3) is 0 Å². The predicted octanol–water partition coefficient (Wildman–Crippen LogP) is 3.94. The van der Waals surface area contributed by atoms with E-state index in [1.165, 1.54) is 0 Å². The van der Waals surface area contributed by atoms with Crippen LogP contribution < -0.4 is 4.74 Å². The molecule has 2 aromatic carbocycles. The van der Waals surface area contributed by atoms with Crippen molar-refractivity contribution >= 4 is 5.69 Å². The topological polar surface area (TPSA) is 52.4 Å². The highest BCUT2D eigenvalue weighted by Gasteiger charge is 2.24. The van der Waals surface area contributed by atoms with Gasteiger partial charge in [-0.15, -0.1) is 0 Å². The van der Waals surface area contributed by atoms with Gasteiger partial charge in [0, 0.05) is 12.1 Å². The molecule has 4 nitrogen and oxygen atoms in total. The highest BCUT2D eigenvalue weighted by Crippen LogP contribution is 2.36. The van der Waals surface area contributed by atoms with Crippen LogP contribution >= 0.6 is 0 Å². The lowest BCUT2D eigenvalue weighted by Gasteiger charge is -2.08. The summed E-state index contributed by atoms with van der Waals surface area (Å²) in [6, 6.07) is 3.27. The minimum Gasteiger partial charge on any atom is -0.444 e. The third-order valence-corrected chi connectivity index (χ3v) is 2.33. The fraction of sp³-hybridized carbons (Fsp3) is 0. The van der Waals surface area contributed by atoms with E-state index in [0.29, 0.717) is 18.2 Å². The van der Waals surface area contributed by atoms with Crippen LogP contribution in [0.5, 0.6) is 11.5 Å². The number of rotatable bonds is 3. The fourth-order valence-corrected chi connectivity index (χ4v) is 1.43. The van der Waals surface area contributed by atoms with Crippen LogP contribution in [0.2, 0.25) is 0 Å². The van der Waals surface area contributed by atoms with E-state index in [1.54, 1.807) is 0 Å². The first-order valence-corrected chi connectivity index (χ1v) is 5.15. The second-order valence-corrected chi connectivity index (χ2v) is 3.64. The molecule has 8 heteroatoms. The van der Waals surface area contributed by atoms with Gasteiger partial charge >= 0.3 is 5.69 Å². The molecule has 0 heterocycles. The first-order valence-electron chi connectivity index (χ1n) is 5.15. The summed E-state index contributed by atoms with van der Waals surface area (Å²) in [5.74, 6) is -6.90. The Morgan fingerprint density at radius 1 is 1.00 bits per heavy atom. The molecule has 0 aromatic heterocycles. The van der Waals surface area contributed by atoms with Crippen molar-refractivity contribution in [1.82, 2.24) is 0 Å². The number of nitrogens with zero attached hydrogens (tertiary/aromatic N) is 1. The number of hydrogen-bond acceptors (Lipinski definition) is 3. The van der Waals surface area contributed by atoms with Crippen LogP contribution in [0.3, 0.4) is 0 Å². The summed E-state index contributed by atoms with van der Waals surface area (Å²) in [4.78, 5) is 9.68. The molecule has 0 aliphatic rings. The molecule has 2 rings (SSSR count). The third kappa shape index (κ3) is 2.53. The van der Waals surface area contributed by atoms with E-state index in [9.17, 15) is 27.7 Å². The van der Waals surface area contributed by atoms with E-state index >= 15 is 0 Å². The van der Waals surface area contributed by atoms with Gasteiger partial charge in [-0.2, -0.15) is 4.39 Å². The lowest BCUT2D eigenvalue weighted by Crippen LogP contribution is -1.99. The molecule has 0 saturated heterocycles. The summed E-state index contributed by atoms with van der Waals surface area (Å²) < 4.78 is 57.3. The van der Waals surface area contributed by atoms with E-state index in [1.807, 2.05) is 0 Å². The maximum atomic E-state index is 13.5. The average Bonchev–Trinajstić information content (AvgIpc) is 2.37.